The standard InChI is InChI=1S/C12H14BrN3/c1-9-10(6-7-14)8-16(15-9)12-5-3-2-4-11(12)13/h2-5,8H,6-7,14H2,1H3. The van der Waals surface area contributed by atoms with Crippen LogP contribution >= 0.6 is 15.9 Å². The van der Waals surface area contributed by atoms with Gasteiger partial charge in [-0.05, 0) is 53.5 Å². The van der Waals surface area contributed by atoms with E-state index in [0.717, 1.165) is 22.3 Å². The van der Waals surface area contributed by atoms with Crippen LogP contribution < -0.4 is 5.73 Å². The van der Waals surface area contributed by atoms with Crippen molar-refractivity contribution < 1.29 is 0 Å². The zero-order chi connectivity index (χ0) is 11.5. The zero-order valence-corrected chi connectivity index (χ0v) is 10.7. The topological polar surface area (TPSA) is 43.8 Å². The van der Waals surface area contributed by atoms with Gasteiger partial charge in [0.25, 0.3) is 0 Å². The number of nitrogens with two attached hydrogens (primary N) is 1. The largest absolute Gasteiger partial charge is 0.330 e. The average molecular weight is 280 g/mol. The molecular weight excluding hydrogens is 266 g/mol. The van der Waals surface area contributed by atoms with Crippen LogP contribution in [0, 0.1) is 6.92 Å². The number of para-hydroxylation sites is 1. The molecule has 0 bridgehead atoms. The van der Waals surface area contributed by atoms with Crippen molar-refractivity contribution in [3.63, 3.8) is 0 Å². The van der Waals surface area contributed by atoms with Crippen molar-refractivity contribution in [3.05, 3.63) is 46.2 Å². The molecule has 84 valence electrons. The average Bonchev–Trinajstić information content (AvgIpc) is 2.61. The molecular formula is C12H14BrN3. The number of rotatable bonds is 3. The van der Waals surface area contributed by atoms with Gasteiger partial charge in [-0.2, -0.15) is 5.10 Å². The number of hydrogen-bond acceptors (Lipinski definition) is 2. The molecule has 0 saturated heterocycles. The maximum absolute atomic E-state index is 5.56. The van der Waals surface area contributed by atoms with Crippen molar-refractivity contribution in [2.45, 2.75) is 13.3 Å². The lowest BCUT2D eigenvalue weighted by molar-refractivity contribution is 0.859. The summed E-state index contributed by atoms with van der Waals surface area (Å²) >= 11 is 3.52. The first kappa shape index (κ1) is 11.4. The van der Waals surface area contributed by atoms with Crippen molar-refractivity contribution >= 4 is 15.9 Å². The van der Waals surface area contributed by atoms with Gasteiger partial charge < -0.3 is 5.73 Å². The Morgan fingerprint density at radius 1 is 1.38 bits per heavy atom. The van der Waals surface area contributed by atoms with Gasteiger partial charge in [-0.15, -0.1) is 0 Å². The van der Waals surface area contributed by atoms with E-state index < -0.39 is 0 Å². The summed E-state index contributed by atoms with van der Waals surface area (Å²) in [5.74, 6) is 0. The molecule has 2 rings (SSSR count). The van der Waals surface area contributed by atoms with E-state index in [0.29, 0.717) is 6.54 Å². The summed E-state index contributed by atoms with van der Waals surface area (Å²) in [5.41, 5.74) is 8.86. The van der Waals surface area contributed by atoms with Crippen LogP contribution in [0.4, 0.5) is 0 Å². The van der Waals surface area contributed by atoms with Crippen LogP contribution in [0.2, 0.25) is 0 Å². The summed E-state index contributed by atoms with van der Waals surface area (Å²) in [4.78, 5) is 0. The van der Waals surface area contributed by atoms with Crippen molar-refractivity contribution in [2.24, 2.45) is 5.73 Å². The highest BCUT2D eigenvalue weighted by Crippen LogP contribution is 2.21. The lowest BCUT2D eigenvalue weighted by atomic mass is 10.2. The molecule has 0 saturated carbocycles. The van der Waals surface area contributed by atoms with Gasteiger partial charge in [0.05, 0.1) is 11.4 Å². The van der Waals surface area contributed by atoms with Gasteiger partial charge >= 0.3 is 0 Å². The first-order valence-electron chi connectivity index (χ1n) is 5.22. The SMILES string of the molecule is Cc1nn(-c2ccccc2Br)cc1CCN. The molecule has 0 spiro atoms. The molecule has 4 heteroatoms. The smallest absolute Gasteiger partial charge is 0.0787 e. The second-order valence-electron chi connectivity index (χ2n) is 3.67. The van der Waals surface area contributed by atoms with E-state index in [1.165, 1.54) is 5.56 Å². The molecule has 0 aliphatic rings. The first-order chi connectivity index (χ1) is 7.72. The summed E-state index contributed by atoms with van der Waals surface area (Å²) in [6, 6.07) is 8.03. The van der Waals surface area contributed by atoms with Gasteiger partial charge in [0.1, 0.15) is 0 Å². The third kappa shape index (κ3) is 2.18. The Morgan fingerprint density at radius 2 is 2.12 bits per heavy atom. The normalized spacial score (nSPS) is 10.7. The van der Waals surface area contributed by atoms with Gasteiger partial charge in [-0.3, -0.25) is 0 Å². The van der Waals surface area contributed by atoms with Gasteiger partial charge in [-0.1, -0.05) is 12.1 Å². The fourth-order valence-corrected chi connectivity index (χ4v) is 2.12. The molecule has 0 unspecified atom stereocenters. The second kappa shape index (κ2) is 4.80. The first-order valence-corrected chi connectivity index (χ1v) is 6.02. The molecule has 3 nitrogen and oxygen atoms in total. The van der Waals surface area contributed by atoms with Crippen LogP contribution in [0.15, 0.2) is 34.9 Å². The monoisotopic (exact) mass is 279 g/mol. The van der Waals surface area contributed by atoms with Crippen LogP contribution in [0.1, 0.15) is 11.3 Å². The Hall–Kier alpha value is -1.13. The summed E-state index contributed by atoms with van der Waals surface area (Å²) in [5, 5.41) is 4.49. The van der Waals surface area contributed by atoms with E-state index in [9.17, 15) is 0 Å². The van der Waals surface area contributed by atoms with E-state index in [2.05, 4.69) is 21.0 Å². The predicted molar refractivity (Wildman–Crippen MR) is 68.8 cm³/mol. The highest BCUT2D eigenvalue weighted by molar-refractivity contribution is 9.10. The maximum Gasteiger partial charge on any atom is 0.0787 e. The van der Waals surface area contributed by atoms with Crippen molar-refractivity contribution in [1.82, 2.24) is 9.78 Å². The number of benzene rings is 1. The van der Waals surface area contributed by atoms with E-state index >= 15 is 0 Å². The van der Waals surface area contributed by atoms with Gasteiger partial charge in [0.15, 0.2) is 0 Å². The molecule has 0 fully saturated rings. The Kier molecular flexibility index (Phi) is 3.41. The number of aromatic nitrogens is 2. The molecule has 1 aromatic heterocycles. The van der Waals surface area contributed by atoms with E-state index in [1.54, 1.807) is 0 Å². The Morgan fingerprint density at radius 3 is 2.81 bits per heavy atom. The minimum Gasteiger partial charge on any atom is -0.330 e. The van der Waals surface area contributed by atoms with E-state index in [-0.39, 0.29) is 0 Å². The molecule has 1 aromatic carbocycles. The van der Waals surface area contributed by atoms with Gasteiger partial charge in [0, 0.05) is 10.7 Å². The van der Waals surface area contributed by atoms with Crippen LogP contribution in [0.25, 0.3) is 5.69 Å². The molecule has 0 aliphatic carbocycles. The lowest BCUT2D eigenvalue weighted by Crippen LogP contribution is -2.02. The van der Waals surface area contributed by atoms with Gasteiger partial charge in [0.2, 0.25) is 0 Å². The fraction of sp³-hybridized carbons (Fsp3) is 0.250. The molecule has 0 atom stereocenters. The highest BCUT2D eigenvalue weighted by atomic mass is 79.9. The summed E-state index contributed by atoms with van der Waals surface area (Å²) < 4.78 is 2.93. The quantitative estimate of drug-likeness (QED) is 0.938. The third-order valence-corrected chi connectivity index (χ3v) is 3.18. The van der Waals surface area contributed by atoms with Crippen LogP contribution in [-0.4, -0.2) is 16.3 Å². The zero-order valence-electron chi connectivity index (χ0n) is 9.15. The second-order valence-corrected chi connectivity index (χ2v) is 4.53. The molecule has 1 heterocycles. The molecule has 16 heavy (non-hydrogen) atoms. The minimum absolute atomic E-state index is 0.655. The molecule has 0 aliphatic heterocycles. The number of halogens is 1. The number of aryl methyl sites for hydroxylation is 1. The lowest BCUT2D eigenvalue weighted by Gasteiger charge is -2.02. The summed E-state index contributed by atoms with van der Waals surface area (Å²) in [6.07, 6.45) is 2.92. The Labute approximate surface area is 103 Å². The molecule has 2 aromatic rings. The van der Waals surface area contributed by atoms with Gasteiger partial charge in [-0.25, -0.2) is 4.68 Å². The van der Waals surface area contributed by atoms with Crippen molar-refractivity contribution in [1.29, 1.82) is 0 Å². The van der Waals surface area contributed by atoms with E-state index in [1.807, 2.05) is 42.1 Å². The number of nitrogens with zero attached hydrogens (tertiary/aromatic N) is 2. The van der Waals surface area contributed by atoms with E-state index in [4.69, 9.17) is 5.73 Å². The van der Waals surface area contributed by atoms with Crippen LogP contribution in [-0.2, 0) is 6.42 Å². The predicted octanol–water partition coefficient (Wildman–Crippen LogP) is 2.44. The Bertz CT molecular complexity index is 491. The summed E-state index contributed by atoms with van der Waals surface area (Å²) in [6.45, 7) is 2.67. The molecule has 2 N–H and O–H groups in total. The van der Waals surface area contributed by atoms with Crippen LogP contribution in [0.5, 0.6) is 0 Å². The third-order valence-electron chi connectivity index (χ3n) is 2.51. The molecule has 0 radical (unpaired) electrons. The van der Waals surface area contributed by atoms with Crippen molar-refractivity contribution in [3.8, 4) is 5.69 Å². The minimum atomic E-state index is 0.655. The van der Waals surface area contributed by atoms with Crippen LogP contribution in [0.3, 0.4) is 0 Å². The fourth-order valence-electron chi connectivity index (χ4n) is 1.66. The molecule has 0 amide bonds. The number of hydrogen-bond donors (Lipinski definition) is 1. The maximum atomic E-state index is 5.56. The Balaban J connectivity index is 2.42. The highest BCUT2D eigenvalue weighted by Gasteiger charge is 2.07. The van der Waals surface area contributed by atoms with Crippen molar-refractivity contribution in [2.75, 3.05) is 6.54 Å². The summed E-state index contributed by atoms with van der Waals surface area (Å²) in [7, 11) is 0.